The van der Waals surface area contributed by atoms with Gasteiger partial charge in [-0.25, -0.2) is 0 Å². The molecule has 2 aromatic carbocycles. The first-order chi connectivity index (χ1) is 25.0. The van der Waals surface area contributed by atoms with E-state index in [9.17, 15) is 0 Å². The molecule has 6 nitrogen and oxygen atoms in total. The number of rotatable bonds is 10. The summed E-state index contributed by atoms with van der Waals surface area (Å²) in [6.45, 7) is 3.60. The van der Waals surface area contributed by atoms with Crippen LogP contribution in [0.4, 0.5) is 0 Å². The Hall–Kier alpha value is -4.08. The zero-order valence-corrected chi connectivity index (χ0v) is 31.1. The van der Waals surface area contributed by atoms with Crippen LogP contribution in [0.5, 0.6) is 0 Å². The second-order valence-electron chi connectivity index (χ2n) is 14.6. The molecule has 0 spiro atoms. The highest BCUT2D eigenvalue weighted by molar-refractivity contribution is 7.12. The van der Waals surface area contributed by atoms with E-state index in [1.807, 2.05) is 35.0 Å². The molecular formula is C45H56N6S2. The lowest BCUT2D eigenvalue weighted by molar-refractivity contribution is 0.275. The minimum Gasteiger partial charge on any atom is -0.361 e. The topological polar surface area (TPSA) is 85.8 Å². The van der Waals surface area contributed by atoms with Gasteiger partial charge in [0.05, 0.1) is 11.4 Å². The molecule has 0 saturated carbocycles. The molecule has 2 saturated heterocycles. The Morgan fingerprint density at radius 1 is 0.792 bits per heavy atom. The number of nitrogens with one attached hydrogen (secondary N) is 4. The van der Waals surface area contributed by atoms with Gasteiger partial charge in [-0.1, -0.05) is 45.2 Å². The smallest absolute Gasteiger partial charge is 0.0529 e. The van der Waals surface area contributed by atoms with Gasteiger partial charge in [-0.15, -0.1) is 22.7 Å². The van der Waals surface area contributed by atoms with Gasteiger partial charge in [-0.05, 0) is 135 Å². The van der Waals surface area contributed by atoms with Crippen LogP contribution in [0.15, 0.2) is 89.9 Å². The summed E-state index contributed by atoms with van der Waals surface area (Å²) >= 11 is 3.29. The summed E-state index contributed by atoms with van der Waals surface area (Å²) in [5.74, 6) is 0. The Morgan fingerprint density at radius 2 is 1.43 bits per heavy atom. The standard InChI is InChI=1S/C22H23N3S.C21H25N3S.2CH4/c23-20(22-4-2-10-26-22)12-15-5-6-21-18(11-15)19(14-24-21)16-7-9-25-8-1-3-17(25)13-16;1-24-10-2-4-17(24)8-7-16-14-23-20-9-6-15(12-18(16)20)13-19(22)21-5-3-11-25-21;;/h2,4-7,10-11,14,17,23-24H,1,3,8-9,12-13H2;3,5-6,9,11-12,14,17,22-23H,2,4,7-8,10,13H2,1H3;2*1H4/t;17-;;/m.0../s1. The first-order valence-corrected chi connectivity index (χ1v) is 20.3. The van der Waals surface area contributed by atoms with E-state index in [4.69, 9.17) is 10.8 Å². The van der Waals surface area contributed by atoms with Gasteiger partial charge < -0.3 is 25.7 Å². The van der Waals surface area contributed by atoms with Crippen molar-refractivity contribution in [3.8, 4) is 0 Å². The monoisotopic (exact) mass is 744 g/mol. The van der Waals surface area contributed by atoms with Gasteiger partial charge in [0, 0.05) is 81.0 Å². The second-order valence-corrected chi connectivity index (χ2v) is 16.5. The molecule has 4 aromatic heterocycles. The number of aromatic amines is 2. The molecule has 8 heteroatoms. The fourth-order valence-corrected chi connectivity index (χ4v) is 9.74. The number of nitrogens with zero attached hydrogens (tertiary/aromatic N) is 2. The summed E-state index contributed by atoms with van der Waals surface area (Å²) in [5.41, 5.74) is 10.5. The predicted octanol–water partition coefficient (Wildman–Crippen LogP) is 11.2. The van der Waals surface area contributed by atoms with Crippen molar-refractivity contribution >= 4 is 61.5 Å². The molecule has 0 amide bonds. The molecule has 0 radical (unpaired) electrons. The highest BCUT2D eigenvalue weighted by Crippen LogP contribution is 2.35. The Labute approximate surface area is 324 Å². The quantitative estimate of drug-likeness (QED) is 0.105. The molecule has 2 fully saturated rings. The van der Waals surface area contributed by atoms with Gasteiger partial charge >= 0.3 is 0 Å². The van der Waals surface area contributed by atoms with E-state index in [1.54, 1.807) is 22.7 Å². The van der Waals surface area contributed by atoms with Crippen molar-refractivity contribution in [3.05, 3.63) is 122 Å². The Kier molecular flexibility index (Phi) is 12.7. The summed E-state index contributed by atoms with van der Waals surface area (Å²) < 4.78 is 0. The largest absolute Gasteiger partial charge is 0.361 e. The van der Waals surface area contributed by atoms with Crippen LogP contribution in [0.2, 0.25) is 0 Å². The number of thiophene rings is 2. The zero-order chi connectivity index (χ0) is 34.7. The number of hydrogen-bond donors (Lipinski definition) is 4. The van der Waals surface area contributed by atoms with E-state index in [-0.39, 0.29) is 14.9 Å². The first kappa shape index (κ1) is 38.6. The number of hydrogen-bond acceptors (Lipinski definition) is 6. The van der Waals surface area contributed by atoms with Gasteiger partial charge in [-0.3, -0.25) is 4.90 Å². The van der Waals surface area contributed by atoms with E-state index in [1.165, 1.54) is 101 Å². The molecule has 278 valence electrons. The fourth-order valence-electron chi connectivity index (χ4n) is 8.39. The van der Waals surface area contributed by atoms with Gasteiger partial charge in [0.1, 0.15) is 0 Å². The maximum absolute atomic E-state index is 8.37. The average Bonchev–Trinajstić information content (AvgIpc) is 4.00. The van der Waals surface area contributed by atoms with Crippen molar-refractivity contribution in [2.45, 2.75) is 84.7 Å². The summed E-state index contributed by atoms with van der Waals surface area (Å²) in [6.07, 6.45) is 17.0. The second kappa shape index (κ2) is 17.4. The number of fused-ring (bicyclic) bond motifs is 3. The third-order valence-corrected chi connectivity index (χ3v) is 13.1. The minimum absolute atomic E-state index is 0. The summed E-state index contributed by atoms with van der Waals surface area (Å²) in [5, 5.41) is 23.4. The van der Waals surface area contributed by atoms with Crippen LogP contribution < -0.4 is 0 Å². The van der Waals surface area contributed by atoms with Crippen LogP contribution in [-0.2, 0) is 19.3 Å². The van der Waals surface area contributed by atoms with Gasteiger partial charge in [0.15, 0.2) is 0 Å². The summed E-state index contributed by atoms with van der Waals surface area (Å²) in [6, 6.07) is 22.8. The Morgan fingerprint density at radius 3 is 2.08 bits per heavy atom. The van der Waals surface area contributed by atoms with Gasteiger partial charge in [0.2, 0.25) is 0 Å². The summed E-state index contributed by atoms with van der Waals surface area (Å²) in [7, 11) is 2.25. The van der Waals surface area contributed by atoms with Crippen molar-refractivity contribution < 1.29 is 0 Å². The highest BCUT2D eigenvalue weighted by Gasteiger charge is 2.28. The van der Waals surface area contributed by atoms with Crippen molar-refractivity contribution in [1.29, 1.82) is 10.8 Å². The molecule has 0 bridgehead atoms. The van der Waals surface area contributed by atoms with Crippen LogP contribution >= 0.6 is 22.7 Å². The third-order valence-electron chi connectivity index (χ3n) is 11.3. The highest BCUT2D eigenvalue weighted by atomic mass is 32.1. The van der Waals surface area contributed by atoms with Crippen molar-refractivity contribution in [1.82, 2.24) is 19.8 Å². The number of likely N-dealkylation sites (tertiary alicyclic amines) is 1. The molecule has 4 N–H and O–H groups in total. The fraction of sp³-hybridized carbons (Fsp3) is 0.378. The van der Waals surface area contributed by atoms with E-state index in [0.29, 0.717) is 24.3 Å². The SMILES string of the molecule is C.C.CN1CCC[C@H]1CCc1c[nH]c2ccc(CC(=N)c3cccs3)cc12.N=C(Cc1ccc2[nH]cc(C3=CCN4CCCC4C3)c2c1)c1cccs1. The predicted molar refractivity (Wildman–Crippen MR) is 231 cm³/mol. The molecule has 53 heavy (non-hydrogen) atoms. The molecule has 3 aliphatic rings. The van der Waals surface area contributed by atoms with E-state index >= 15 is 0 Å². The maximum Gasteiger partial charge on any atom is 0.0529 e. The molecule has 6 aromatic rings. The molecule has 7 heterocycles. The first-order valence-electron chi connectivity index (χ1n) is 18.5. The van der Waals surface area contributed by atoms with Crippen LogP contribution in [0.1, 0.15) is 85.4 Å². The lowest BCUT2D eigenvalue weighted by Crippen LogP contribution is -2.32. The van der Waals surface area contributed by atoms with E-state index in [0.717, 1.165) is 34.8 Å². The normalized spacial score (nSPS) is 18.5. The molecule has 3 aliphatic heterocycles. The molecular weight excluding hydrogens is 689 g/mol. The van der Waals surface area contributed by atoms with Crippen LogP contribution in [0.3, 0.4) is 0 Å². The van der Waals surface area contributed by atoms with Crippen LogP contribution in [0, 0.1) is 10.8 Å². The number of benzene rings is 2. The molecule has 9 rings (SSSR count). The Balaban J connectivity index is 0.000000175. The lowest BCUT2D eigenvalue weighted by atomic mass is 9.93. The van der Waals surface area contributed by atoms with Crippen molar-refractivity contribution in [2.75, 3.05) is 26.7 Å². The zero-order valence-electron chi connectivity index (χ0n) is 29.5. The van der Waals surface area contributed by atoms with Crippen LogP contribution in [-0.4, -0.2) is 70.0 Å². The number of aromatic nitrogens is 2. The van der Waals surface area contributed by atoms with Crippen molar-refractivity contribution in [3.63, 3.8) is 0 Å². The van der Waals surface area contributed by atoms with Crippen molar-refractivity contribution in [2.24, 2.45) is 0 Å². The van der Waals surface area contributed by atoms with Crippen LogP contribution in [0.25, 0.3) is 27.4 Å². The molecule has 0 aliphatic carbocycles. The number of H-pyrrole nitrogens is 2. The van der Waals surface area contributed by atoms with Gasteiger partial charge in [-0.2, -0.15) is 0 Å². The summed E-state index contributed by atoms with van der Waals surface area (Å²) in [4.78, 5) is 14.1. The third kappa shape index (κ3) is 8.68. The van der Waals surface area contributed by atoms with Gasteiger partial charge in [0.25, 0.3) is 0 Å². The molecule has 2 atom stereocenters. The van der Waals surface area contributed by atoms with E-state index < -0.39 is 0 Å². The number of aryl methyl sites for hydroxylation is 1. The average molecular weight is 745 g/mol. The maximum atomic E-state index is 8.37. The molecule has 1 unspecified atom stereocenters. The Bertz CT molecular complexity index is 2150. The lowest BCUT2D eigenvalue weighted by Gasteiger charge is -2.29. The van der Waals surface area contributed by atoms with E-state index in [2.05, 4.69) is 81.7 Å². The minimum atomic E-state index is 0.